The van der Waals surface area contributed by atoms with Crippen molar-refractivity contribution in [1.82, 2.24) is 5.32 Å². The van der Waals surface area contributed by atoms with Crippen molar-refractivity contribution < 1.29 is 19.1 Å². The summed E-state index contributed by atoms with van der Waals surface area (Å²) in [6.07, 6.45) is 5.57. The molecule has 0 bridgehead atoms. The average Bonchev–Trinajstić information content (AvgIpc) is 3.11. The predicted octanol–water partition coefficient (Wildman–Crippen LogP) is 2.59. The van der Waals surface area contributed by atoms with Crippen LogP contribution in [0.25, 0.3) is 6.08 Å². The van der Waals surface area contributed by atoms with Crippen LogP contribution in [0, 0.1) is 11.3 Å². The van der Waals surface area contributed by atoms with Crippen LogP contribution in [-0.4, -0.2) is 31.1 Å². The third-order valence-electron chi connectivity index (χ3n) is 3.93. The van der Waals surface area contributed by atoms with Crippen molar-refractivity contribution in [3.8, 4) is 11.8 Å². The molecule has 132 valence electrons. The lowest BCUT2D eigenvalue weighted by molar-refractivity contribution is -0.145. The van der Waals surface area contributed by atoms with Gasteiger partial charge in [0.15, 0.2) is 6.61 Å². The molecular weight excluding hydrogens is 320 g/mol. The van der Waals surface area contributed by atoms with E-state index in [0.29, 0.717) is 11.3 Å². The Morgan fingerprint density at radius 2 is 2.04 bits per heavy atom. The van der Waals surface area contributed by atoms with Gasteiger partial charge in [-0.3, -0.25) is 4.79 Å². The first kappa shape index (κ1) is 18.5. The van der Waals surface area contributed by atoms with E-state index in [9.17, 15) is 14.9 Å². The molecule has 0 unspecified atom stereocenters. The molecule has 1 aromatic carbocycles. The Kier molecular flexibility index (Phi) is 7.02. The van der Waals surface area contributed by atoms with E-state index in [-0.39, 0.29) is 30.7 Å². The fourth-order valence-electron chi connectivity index (χ4n) is 2.71. The van der Waals surface area contributed by atoms with Gasteiger partial charge in [0.25, 0.3) is 5.91 Å². The number of nitriles is 1. The maximum Gasteiger partial charge on any atom is 0.344 e. The summed E-state index contributed by atoms with van der Waals surface area (Å²) in [6.45, 7) is 1.77. The highest BCUT2D eigenvalue weighted by atomic mass is 16.6. The fraction of sp³-hybridized carbons (Fsp3) is 0.421. The molecule has 1 aromatic rings. The van der Waals surface area contributed by atoms with Gasteiger partial charge in [0, 0.05) is 11.6 Å². The standard InChI is InChI=1S/C19H22N2O4/c1-2-24-18(22)13-25-17-10-6-3-7-14(17)11-15(12-20)19(23)21-16-8-4-5-9-16/h3,6-7,10-11,16H,2,4-5,8-9,13H2,1H3,(H,21,23)/b15-11-. The topological polar surface area (TPSA) is 88.4 Å². The van der Waals surface area contributed by atoms with Gasteiger partial charge in [-0.25, -0.2) is 4.79 Å². The van der Waals surface area contributed by atoms with Gasteiger partial charge in [0.05, 0.1) is 6.61 Å². The summed E-state index contributed by atoms with van der Waals surface area (Å²) in [5, 5.41) is 12.2. The number of nitrogens with one attached hydrogen (secondary N) is 1. The highest BCUT2D eigenvalue weighted by molar-refractivity contribution is 6.02. The summed E-state index contributed by atoms with van der Waals surface area (Å²) in [7, 11) is 0. The highest BCUT2D eigenvalue weighted by Crippen LogP contribution is 2.22. The number of nitrogens with zero attached hydrogens (tertiary/aromatic N) is 1. The van der Waals surface area contributed by atoms with Crippen molar-refractivity contribution in [1.29, 1.82) is 5.26 Å². The maximum absolute atomic E-state index is 12.3. The molecule has 0 spiro atoms. The first-order chi connectivity index (χ1) is 12.1. The van der Waals surface area contributed by atoms with Crippen molar-refractivity contribution in [2.75, 3.05) is 13.2 Å². The predicted molar refractivity (Wildman–Crippen MR) is 92.6 cm³/mol. The second kappa shape index (κ2) is 9.48. The Bertz CT molecular complexity index is 685. The molecule has 2 rings (SSSR count). The van der Waals surface area contributed by atoms with Crippen LogP contribution in [0.3, 0.4) is 0 Å². The minimum Gasteiger partial charge on any atom is -0.481 e. The van der Waals surface area contributed by atoms with E-state index in [0.717, 1.165) is 25.7 Å². The largest absolute Gasteiger partial charge is 0.481 e. The maximum atomic E-state index is 12.3. The Hall–Kier alpha value is -2.81. The molecule has 1 N–H and O–H groups in total. The molecule has 1 saturated carbocycles. The van der Waals surface area contributed by atoms with E-state index >= 15 is 0 Å². The summed E-state index contributed by atoms with van der Waals surface area (Å²) in [4.78, 5) is 23.7. The van der Waals surface area contributed by atoms with Gasteiger partial charge in [0.1, 0.15) is 17.4 Å². The number of carbonyl (C=O) groups excluding carboxylic acids is 2. The molecule has 0 atom stereocenters. The van der Waals surface area contributed by atoms with Crippen molar-refractivity contribution in [3.63, 3.8) is 0 Å². The third kappa shape index (κ3) is 5.64. The number of rotatable bonds is 7. The molecule has 25 heavy (non-hydrogen) atoms. The minimum absolute atomic E-state index is 0.0130. The smallest absolute Gasteiger partial charge is 0.344 e. The summed E-state index contributed by atoms with van der Waals surface area (Å²) >= 11 is 0. The van der Waals surface area contributed by atoms with E-state index in [2.05, 4.69) is 5.32 Å². The lowest BCUT2D eigenvalue weighted by atomic mass is 10.1. The van der Waals surface area contributed by atoms with Crippen molar-refractivity contribution >= 4 is 18.0 Å². The SMILES string of the molecule is CCOC(=O)COc1ccccc1/C=C(/C#N)C(=O)NC1CCCC1. The van der Waals surface area contributed by atoms with Crippen LogP contribution < -0.4 is 10.1 Å². The van der Waals surface area contributed by atoms with Crippen molar-refractivity contribution in [3.05, 3.63) is 35.4 Å². The lowest BCUT2D eigenvalue weighted by Gasteiger charge is -2.12. The molecule has 1 fully saturated rings. The first-order valence-electron chi connectivity index (χ1n) is 8.44. The normalized spacial score (nSPS) is 14.6. The molecule has 0 aliphatic heterocycles. The van der Waals surface area contributed by atoms with Gasteiger partial charge in [0.2, 0.25) is 0 Å². The van der Waals surface area contributed by atoms with Gasteiger partial charge in [-0.15, -0.1) is 0 Å². The summed E-state index contributed by atoms with van der Waals surface area (Å²) in [6, 6.07) is 9.00. The monoisotopic (exact) mass is 342 g/mol. The first-order valence-corrected chi connectivity index (χ1v) is 8.44. The number of hydrogen-bond acceptors (Lipinski definition) is 5. The Labute approximate surface area is 147 Å². The quantitative estimate of drug-likeness (QED) is 0.467. The van der Waals surface area contributed by atoms with Crippen LogP contribution in [-0.2, 0) is 14.3 Å². The van der Waals surface area contributed by atoms with E-state index in [4.69, 9.17) is 9.47 Å². The highest BCUT2D eigenvalue weighted by Gasteiger charge is 2.19. The number of carbonyl (C=O) groups is 2. The lowest BCUT2D eigenvalue weighted by Crippen LogP contribution is -2.33. The van der Waals surface area contributed by atoms with Crippen molar-refractivity contribution in [2.24, 2.45) is 0 Å². The fourth-order valence-corrected chi connectivity index (χ4v) is 2.71. The van der Waals surface area contributed by atoms with Crippen LogP contribution in [0.5, 0.6) is 5.75 Å². The van der Waals surface area contributed by atoms with Crippen LogP contribution >= 0.6 is 0 Å². The third-order valence-corrected chi connectivity index (χ3v) is 3.93. The second-order valence-corrected chi connectivity index (χ2v) is 5.76. The van der Waals surface area contributed by atoms with E-state index in [1.165, 1.54) is 6.08 Å². The molecule has 0 radical (unpaired) electrons. The number of para-hydroxylation sites is 1. The summed E-state index contributed by atoms with van der Waals surface area (Å²) in [5.74, 6) is -0.438. The molecule has 1 aliphatic rings. The van der Waals surface area contributed by atoms with E-state index < -0.39 is 5.97 Å². The van der Waals surface area contributed by atoms with Gasteiger partial charge < -0.3 is 14.8 Å². The van der Waals surface area contributed by atoms with Gasteiger partial charge in [-0.1, -0.05) is 31.0 Å². The number of benzene rings is 1. The van der Waals surface area contributed by atoms with Gasteiger partial charge >= 0.3 is 5.97 Å². The molecule has 1 amide bonds. The number of esters is 1. The zero-order chi connectivity index (χ0) is 18.1. The van der Waals surface area contributed by atoms with E-state index in [1.807, 2.05) is 6.07 Å². The van der Waals surface area contributed by atoms with Gasteiger partial charge in [-0.2, -0.15) is 5.26 Å². The van der Waals surface area contributed by atoms with E-state index in [1.54, 1.807) is 31.2 Å². The van der Waals surface area contributed by atoms with Gasteiger partial charge in [-0.05, 0) is 31.9 Å². The summed E-state index contributed by atoms with van der Waals surface area (Å²) < 4.78 is 10.3. The average molecular weight is 342 g/mol. The molecule has 0 heterocycles. The Balaban J connectivity index is 2.10. The Morgan fingerprint density at radius 1 is 1.32 bits per heavy atom. The van der Waals surface area contributed by atoms with Crippen LogP contribution in [0.4, 0.5) is 0 Å². The zero-order valence-corrected chi connectivity index (χ0v) is 14.3. The molecule has 0 aromatic heterocycles. The Morgan fingerprint density at radius 3 is 2.72 bits per heavy atom. The number of hydrogen-bond donors (Lipinski definition) is 1. The number of ether oxygens (including phenoxy) is 2. The van der Waals surface area contributed by atoms with Crippen LogP contribution in [0.2, 0.25) is 0 Å². The minimum atomic E-state index is -0.472. The summed E-state index contributed by atoms with van der Waals surface area (Å²) in [5.41, 5.74) is 0.573. The van der Waals surface area contributed by atoms with Crippen molar-refractivity contribution in [2.45, 2.75) is 38.6 Å². The van der Waals surface area contributed by atoms with Crippen LogP contribution in [0.1, 0.15) is 38.2 Å². The molecule has 0 saturated heterocycles. The molecule has 1 aliphatic carbocycles. The molecule has 6 nitrogen and oxygen atoms in total. The number of amides is 1. The second-order valence-electron chi connectivity index (χ2n) is 5.76. The molecular formula is C19H22N2O4. The zero-order valence-electron chi connectivity index (χ0n) is 14.3. The van der Waals surface area contributed by atoms with Crippen LogP contribution in [0.15, 0.2) is 29.8 Å². The molecule has 6 heteroatoms.